The maximum absolute atomic E-state index is 13.1. The molecule has 86 valence electrons. The number of nitrogens with zero attached hydrogens (tertiary/aromatic N) is 1. The molecule has 16 heavy (non-hydrogen) atoms. The average molecular weight is 226 g/mol. The molecular formula is C10H11FN2O3. The topological polar surface area (TPSA) is 75.4 Å². The number of nitro groups is 1. The Morgan fingerprint density at radius 3 is 2.69 bits per heavy atom. The van der Waals surface area contributed by atoms with E-state index in [0.29, 0.717) is 5.69 Å². The first-order valence-electron chi connectivity index (χ1n) is 4.89. The Morgan fingerprint density at radius 1 is 1.50 bits per heavy atom. The molecule has 0 unspecified atom stereocenters. The lowest BCUT2D eigenvalue weighted by Crippen LogP contribution is -2.25. The largest absolute Gasteiger partial charge is 0.394 e. The van der Waals surface area contributed by atoms with Crippen LogP contribution in [-0.2, 0) is 0 Å². The molecule has 0 aliphatic heterocycles. The molecule has 6 heteroatoms. The number of hydrogen-bond acceptors (Lipinski definition) is 4. The van der Waals surface area contributed by atoms with Gasteiger partial charge in [-0.2, -0.15) is 0 Å². The molecule has 1 saturated carbocycles. The van der Waals surface area contributed by atoms with Gasteiger partial charge in [0.15, 0.2) is 0 Å². The van der Waals surface area contributed by atoms with Gasteiger partial charge in [-0.25, -0.2) is 4.39 Å². The maximum Gasteiger partial charge on any atom is 0.274 e. The Morgan fingerprint density at radius 2 is 2.19 bits per heavy atom. The maximum atomic E-state index is 13.1. The summed E-state index contributed by atoms with van der Waals surface area (Å²) < 4.78 is 13.1. The number of aliphatic hydroxyl groups is 1. The van der Waals surface area contributed by atoms with E-state index in [2.05, 4.69) is 5.32 Å². The molecule has 0 saturated heterocycles. The van der Waals surface area contributed by atoms with Crippen molar-refractivity contribution in [3.8, 4) is 0 Å². The Hall–Kier alpha value is -1.69. The van der Waals surface area contributed by atoms with E-state index in [1.807, 2.05) is 0 Å². The second-order valence-corrected chi connectivity index (χ2v) is 4.02. The zero-order valence-corrected chi connectivity index (χ0v) is 8.44. The van der Waals surface area contributed by atoms with Gasteiger partial charge in [-0.05, 0) is 18.9 Å². The van der Waals surface area contributed by atoms with Gasteiger partial charge >= 0.3 is 0 Å². The smallest absolute Gasteiger partial charge is 0.274 e. The molecule has 0 heterocycles. The zero-order valence-electron chi connectivity index (χ0n) is 8.44. The Balaban J connectivity index is 2.24. The van der Waals surface area contributed by atoms with E-state index >= 15 is 0 Å². The quantitative estimate of drug-likeness (QED) is 0.604. The molecule has 0 amide bonds. The summed E-state index contributed by atoms with van der Waals surface area (Å²) in [6.07, 6.45) is 1.57. The number of halogens is 1. The highest BCUT2D eigenvalue weighted by molar-refractivity contribution is 5.54. The molecule has 1 aromatic rings. The van der Waals surface area contributed by atoms with E-state index in [1.54, 1.807) is 0 Å². The van der Waals surface area contributed by atoms with Gasteiger partial charge in [0.05, 0.1) is 23.1 Å². The fourth-order valence-electron chi connectivity index (χ4n) is 1.53. The van der Waals surface area contributed by atoms with Crippen LogP contribution < -0.4 is 5.32 Å². The molecule has 5 nitrogen and oxygen atoms in total. The van der Waals surface area contributed by atoms with Gasteiger partial charge in [0, 0.05) is 11.8 Å². The van der Waals surface area contributed by atoms with E-state index in [4.69, 9.17) is 5.11 Å². The average Bonchev–Trinajstić information content (AvgIpc) is 2.97. The third-order valence-electron chi connectivity index (χ3n) is 2.66. The van der Waals surface area contributed by atoms with Crippen LogP contribution in [0.15, 0.2) is 18.2 Å². The molecule has 0 bridgehead atoms. The minimum Gasteiger partial charge on any atom is -0.394 e. The summed E-state index contributed by atoms with van der Waals surface area (Å²) in [6.45, 7) is -0.0582. The van der Waals surface area contributed by atoms with Crippen LogP contribution >= 0.6 is 0 Å². The second kappa shape index (κ2) is 3.71. The van der Waals surface area contributed by atoms with Gasteiger partial charge in [0.1, 0.15) is 5.82 Å². The van der Waals surface area contributed by atoms with Crippen LogP contribution in [0.5, 0.6) is 0 Å². The number of rotatable bonds is 4. The van der Waals surface area contributed by atoms with Gasteiger partial charge in [-0.1, -0.05) is 0 Å². The van der Waals surface area contributed by atoms with Crippen molar-refractivity contribution in [1.29, 1.82) is 0 Å². The lowest BCUT2D eigenvalue weighted by Gasteiger charge is -2.15. The van der Waals surface area contributed by atoms with E-state index < -0.39 is 16.3 Å². The van der Waals surface area contributed by atoms with Gasteiger partial charge in [-0.15, -0.1) is 0 Å². The summed E-state index contributed by atoms with van der Waals surface area (Å²) in [7, 11) is 0. The van der Waals surface area contributed by atoms with Crippen molar-refractivity contribution in [1.82, 2.24) is 0 Å². The Bertz CT molecular complexity index is 432. The number of anilines is 1. The summed E-state index contributed by atoms with van der Waals surface area (Å²) in [5.74, 6) is -0.662. The fourth-order valence-corrected chi connectivity index (χ4v) is 1.53. The summed E-state index contributed by atoms with van der Waals surface area (Å²) in [4.78, 5) is 9.87. The molecule has 1 aliphatic carbocycles. The van der Waals surface area contributed by atoms with Crippen LogP contribution in [-0.4, -0.2) is 22.2 Å². The van der Waals surface area contributed by atoms with Crippen LogP contribution in [0, 0.1) is 15.9 Å². The highest BCUT2D eigenvalue weighted by Gasteiger charge is 2.42. The molecular weight excluding hydrogens is 215 g/mol. The predicted octanol–water partition coefficient (Wildman–Crippen LogP) is 1.67. The van der Waals surface area contributed by atoms with Crippen LogP contribution in [0.4, 0.5) is 15.8 Å². The van der Waals surface area contributed by atoms with E-state index in [0.717, 1.165) is 18.9 Å². The number of benzene rings is 1. The van der Waals surface area contributed by atoms with Crippen LogP contribution in [0.3, 0.4) is 0 Å². The van der Waals surface area contributed by atoms with Gasteiger partial charge < -0.3 is 10.4 Å². The minimum absolute atomic E-state index is 0.0582. The summed E-state index contributed by atoms with van der Waals surface area (Å²) >= 11 is 0. The highest BCUT2D eigenvalue weighted by atomic mass is 19.1. The molecule has 0 radical (unpaired) electrons. The first kappa shape index (κ1) is 10.8. The zero-order chi connectivity index (χ0) is 11.8. The van der Waals surface area contributed by atoms with Gasteiger partial charge in [0.25, 0.3) is 5.69 Å². The molecule has 0 aromatic heterocycles. The SMILES string of the molecule is O=[N+]([O-])c1cc(F)cc(NC2(CO)CC2)c1. The summed E-state index contributed by atoms with van der Waals surface area (Å²) in [5, 5.41) is 22.5. The molecule has 1 fully saturated rings. The number of nitrogens with one attached hydrogen (secondary N) is 1. The first-order chi connectivity index (χ1) is 7.54. The molecule has 0 atom stereocenters. The number of aliphatic hydroxyl groups excluding tert-OH is 1. The van der Waals surface area contributed by atoms with E-state index in [1.165, 1.54) is 12.1 Å². The van der Waals surface area contributed by atoms with Crippen molar-refractivity contribution >= 4 is 11.4 Å². The van der Waals surface area contributed by atoms with Crippen LogP contribution in [0.25, 0.3) is 0 Å². The van der Waals surface area contributed by atoms with Gasteiger partial charge in [0.2, 0.25) is 0 Å². The number of non-ortho nitro benzene ring substituents is 1. The minimum atomic E-state index is -0.662. The predicted molar refractivity (Wildman–Crippen MR) is 55.7 cm³/mol. The Labute approximate surface area is 91.0 Å². The summed E-state index contributed by atoms with van der Waals surface area (Å²) in [6, 6.07) is 3.31. The van der Waals surface area contributed by atoms with Gasteiger partial charge in [-0.3, -0.25) is 10.1 Å². The van der Waals surface area contributed by atoms with Crippen molar-refractivity contribution < 1.29 is 14.4 Å². The van der Waals surface area contributed by atoms with E-state index in [9.17, 15) is 14.5 Å². The lowest BCUT2D eigenvalue weighted by molar-refractivity contribution is -0.385. The molecule has 0 spiro atoms. The third kappa shape index (κ3) is 2.11. The molecule has 2 N–H and O–H groups in total. The number of hydrogen-bond donors (Lipinski definition) is 2. The van der Waals surface area contributed by atoms with E-state index in [-0.39, 0.29) is 12.3 Å². The van der Waals surface area contributed by atoms with Crippen molar-refractivity contribution in [2.45, 2.75) is 18.4 Å². The van der Waals surface area contributed by atoms with Crippen molar-refractivity contribution in [3.05, 3.63) is 34.1 Å². The fraction of sp³-hybridized carbons (Fsp3) is 0.400. The van der Waals surface area contributed by atoms with Crippen LogP contribution in [0.2, 0.25) is 0 Å². The lowest BCUT2D eigenvalue weighted by atomic mass is 10.2. The monoisotopic (exact) mass is 226 g/mol. The second-order valence-electron chi connectivity index (χ2n) is 4.02. The molecule has 1 aromatic carbocycles. The standard InChI is InChI=1S/C10H11FN2O3/c11-7-3-8(5-9(4-7)13(15)16)12-10(6-14)1-2-10/h3-5,12,14H,1-2,6H2. The highest BCUT2D eigenvalue weighted by Crippen LogP contribution is 2.38. The molecule has 2 rings (SSSR count). The normalized spacial score (nSPS) is 16.9. The Kier molecular flexibility index (Phi) is 2.51. The van der Waals surface area contributed by atoms with Crippen molar-refractivity contribution in [2.24, 2.45) is 0 Å². The number of nitro benzene ring substituents is 1. The van der Waals surface area contributed by atoms with Crippen molar-refractivity contribution in [3.63, 3.8) is 0 Å². The van der Waals surface area contributed by atoms with Crippen LogP contribution in [0.1, 0.15) is 12.8 Å². The molecule has 1 aliphatic rings. The third-order valence-corrected chi connectivity index (χ3v) is 2.66. The van der Waals surface area contributed by atoms with Crippen molar-refractivity contribution in [2.75, 3.05) is 11.9 Å². The summed E-state index contributed by atoms with van der Waals surface area (Å²) in [5.41, 5.74) is -0.378. The first-order valence-corrected chi connectivity index (χ1v) is 4.89.